The monoisotopic (exact) mass is 503 g/mol. The van der Waals surface area contributed by atoms with Gasteiger partial charge in [0.25, 0.3) is 0 Å². The van der Waals surface area contributed by atoms with E-state index in [4.69, 9.17) is 16.3 Å². The zero-order valence-corrected chi connectivity index (χ0v) is 17.9. The van der Waals surface area contributed by atoms with Crippen molar-refractivity contribution in [2.24, 2.45) is 0 Å². The quantitative estimate of drug-likeness (QED) is 0.349. The molecule has 0 atom stereocenters. The predicted molar refractivity (Wildman–Crippen MR) is 94.1 cm³/mol. The summed E-state index contributed by atoms with van der Waals surface area (Å²) in [4.78, 5) is 12.2. The molecule has 6 heteroatoms. The summed E-state index contributed by atoms with van der Waals surface area (Å²) in [5.41, 5.74) is 1.41. The summed E-state index contributed by atoms with van der Waals surface area (Å²) in [5, 5.41) is 0.524. The molecule has 0 saturated heterocycles. The number of benzene rings is 1. The molecule has 0 unspecified atom stereocenters. The Bertz CT molecular complexity index is 731. The molecule has 0 N–H and O–H groups in total. The molecular formula is C16H14ClINO2Y-. The Labute approximate surface area is 173 Å². The molecule has 2 rings (SSSR count). The normalized spacial score (nSPS) is 9.95. The van der Waals surface area contributed by atoms with Crippen LogP contribution in [0.15, 0.2) is 41.7 Å². The van der Waals surface area contributed by atoms with Crippen LogP contribution in [0.1, 0.15) is 6.92 Å². The molecule has 0 amide bonds. The number of hydrogen-bond donors (Lipinski definition) is 0. The van der Waals surface area contributed by atoms with E-state index >= 15 is 0 Å². The zero-order valence-electron chi connectivity index (χ0n) is 12.1. The van der Waals surface area contributed by atoms with Gasteiger partial charge in [-0.1, -0.05) is 35.5 Å². The molecule has 1 aromatic heterocycles. The molecule has 1 heterocycles. The average molecular weight is 504 g/mol. The van der Waals surface area contributed by atoms with Crippen molar-refractivity contribution in [3.05, 3.63) is 61.9 Å². The van der Waals surface area contributed by atoms with Crippen LogP contribution in [0.5, 0.6) is 5.75 Å². The molecule has 0 aliphatic carbocycles. The SMILES string of the molecule is C=CCOc1ccc(-c2[c-]cc(I)c(=O)n2CC)c(Cl)c1.[Y]. The Morgan fingerprint density at radius 3 is 2.82 bits per heavy atom. The molecule has 1 radical (unpaired) electrons. The molecule has 0 bridgehead atoms. The van der Waals surface area contributed by atoms with E-state index < -0.39 is 0 Å². The maximum Gasteiger partial charge on any atom is 0.207 e. The fourth-order valence-electron chi connectivity index (χ4n) is 1.96. The fraction of sp³-hybridized carbons (Fsp3) is 0.188. The Balaban J connectivity index is 0.00000242. The maximum atomic E-state index is 12.2. The molecule has 2 aromatic rings. The molecule has 113 valence electrons. The van der Waals surface area contributed by atoms with Gasteiger partial charge >= 0.3 is 0 Å². The van der Waals surface area contributed by atoms with Crippen molar-refractivity contribution < 1.29 is 37.4 Å². The minimum Gasteiger partial charge on any atom is -0.490 e. The van der Waals surface area contributed by atoms with Gasteiger partial charge in [-0.15, -0.1) is 28.7 Å². The van der Waals surface area contributed by atoms with Crippen molar-refractivity contribution >= 4 is 34.2 Å². The van der Waals surface area contributed by atoms with Gasteiger partial charge in [0.05, 0.1) is 0 Å². The van der Waals surface area contributed by atoms with Gasteiger partial charge in [0.2, 0.25) is 5.56 Å². The van der Waals surface area contributed by atoms with Crippen molar-refractivity contribution in [2.45, 2.75) is 13.5 Å². The number of aromatic nitrogens is 1. The summed E-state index contributed by atoms with van der Waals surface area (Å²) >= 11 is 8.33. The third-order valence-electron chi connectivity index (χ3n) is 2.93. The molecular weight excluding hydrogens is 489 g/mol. The first kappa shape index (κ1) is 19.9. The predicted octanol–water partition coefficient (Wildman–Crippen LogP) is 4.16. The van der Waals surface area contributed by atoms with Crippen molar-refractivity contribution in [1.29, 1.82) is 0 Å². The largest absolute Gasteiger partial charge is 0.490 e. The molecule has 0 saturated carbocycles. The molecule has 0 spiro atoms. The van der Waals surface area contributed by atoms with Crippen LogP contribution in [0.3, 0.4) is 0 Å². The van der Waals surface area contributed by atoms with E-state index in [2.05, 4.69) is 12.6 Å². The number of halogens is 2. The Kier molecular flexibility index (Phi) is 8.32. The van der Waals surface area contributed by atoms with Crippen molar-refractivity contribution in [3.8, 4) is 17.0 Å². The van der Waals surface area contributed by atoms with Crippen molar-refractivity contribution in [1.82, 2.24) is 4.57 Å². The van der Waals surface area contributed by atoms with Gasteiger partial charge in [0.15, 0.2) is 0 Å². The van der Waals surface area contributed by atoms with Gasteiger partial charge in [0.1, 0.15) is 12.4 Å². The van der Waals surface area contributed by atoms with Crippen LogP contribution in [0, 0.1) is 9.64 Å². The van der Waals surface area contributed by atoms with E-state index in [1.807, 2.05) is 41.6 Å². The topological polar surface area (TPSA) is 31.2 Å². The maximum absolute atomic E-state index is 12.2. The van der Waals surface area contributed by atoms with Crippen LogP contribution >= 0.6 is 34.2 Å². The van der Waals surface area contributed by atoms with Crippen LogP contribution in [-0.2, 0) is 39.3 Å². The van der Waals surface area contributed by atoms with Gasteiger partial charge in [-0.25, -0.2) is 0 Å². The second-order valence-electron chi connectivity index (χ2n) is 4.28. The number of nitrogens with zero attached hydrogens (tertiary/aromatic N) is 1. The van der Waals surface area contributed by atoms with Crippen LogP contribution in [-0.4, -0.2) is 11.2 Å². The minimum atomic E-state index is -0.0325. The summed E-state index contributed by atoms with van der Waals surface area (Å²) < 4.78 is 7.74. The molecule has 1 aromatic carbocycles. The summed E-state index contributed by atoms with van der Waals surface area (Å²) in [6.07, 6.45) is 1.67. The summed E-state index contributed by atoms with van der Waals surface area (Å²) in [6, 6.07) is 10.2. The Hall–Kier alpha value is -0.166. The Morgan fingerprint density at radius 1 is 1.50 bits per heavy atom. The summed E-state index contributed by atoms with van der Waals surface area (Å²) in [6.45, 7) is 6.51. The fourth-order valence-corrected chi connectivity index (χ4v) is 2.67. The van der Waals surface area contributed by atoms with Crippen LogP contribution in [0.4, 0.5) is 0 Å². The second-order valence-corrected chi connectivity index (χ2v) is 5.85. The van der Waals surface area contributed by atoms with E-state index in [1.54, 1.807) is 22.8 Å². The van der Waals surface area contributed by atoms with E-state index in [0.29, 0.717) is 33.2 Å². The number of pyridine rings is 1. The van der Waals surface area contributed by atoms with Gasteiger partial charge < -0.3 is 9.30 Å². The third kappa shape index (κ3) is 4.43. The summed E-state index contributed by atoms with van der Waals surface area (Å²) in [7, 11) is 0. The number of ether oxygens (including phenoxy) is 1. The van der Waals surface area contributed by atoms with Gasteiger partial charge in [-0.05, 0) is 27.6 Å². The smallest absolute Gasteiger partial charge is 0.207 e. The average Bonchev–Trinajstić information content (AvgIpc) is 2.48. The van der Waals surface area contributed by atoms with E-state index in [1.165, 1.54) is 0 Å². The van der Waals surface area contributed by atoms with E-state index in [-0.39, 0.29) is 38.3 Å². The standard InChI is InChI=1S/C16H14ClINO2.Y/c1-3-9-21-11-5-6-12(13(17)10-11)15-8-7-14(18)16(20)19(15)4-2;/h3,5-7,10H,1,4,9H2,2H3;/q-1;. The second kappa shape index (κ2) is 9.21. The van der Waals surface area contributed by atoms with Gasteiger partial charge in [0, 0.05) is 39.3 Å². The first-order valence-electron chi connectivity index (χ1n) is 6.43. The molecule has 3 nitrogen and oxygen atoms in total. The van der Waals surface area contributed by atoms with Gasteiger partial charge in [-0.3, -0.25) is 4.79 Å². The molecule has 0 aliphatic rings. The van der Waals surface area contributed by atoms with E-state index in [9.17, 15) is 4.79 Å². The van der Waals surface area contributed by atoms with Crippen molar-refractivity contribution in [2.75, 3.05) is 6.61 Å². The zero-order chi connectivity index (χ0) is 15.4. The van der Waals surface area contributed by atoms with Gasteiger partial charge in [-0.2, -0.15) is 12.1 Å². The number of hydrogen-bond acceptors (Lipinski definition) is 2. The Morgan fingerprint density at radius 2 is 2.23 bits per heavy atom. The van der Waals surface area contributed by atoms with Crippen LogP contribution < -0.4 is 10.3 Å². The first-order valence-corrected chi connectivity index (χ1v) is 7.88. The van der Waals surface area contributed by atoms with Crippen LogP contribution in [0.25, 0.3) is 11.3 Å². The van der Waals surface area contributed by atoms with E-state index in [0.717, 1.165) is 5.56 Å². The minimum absolute atomic E-state index is 0. The molecule has 0 fully saturated rings. The van der Waals surface area contributed by atoms with Crippen LogP contribution in [0.2, 0.25) is 5.02 Å². The van der Waals surface area contributed by atoms with Crippen molar-refractivity contribution in [3.63, 3.8) is 0 Å². The first-order chi connectivity index (χ1) is 10.1. The molecule has 22 heavy (non-hydrogen) atoms. The third-order valence-corrected chi connectivity index (χ3v) is 4.02. The summed E-state index contributed by atoms with van der Waals surface area (Å²) in [5.74, 6) is 0.666. The number of rotatable bonds is 5. The molecule has 0 aliphatic heterocycles.